The molecular formula is C19H17ClN4O5. The number of hydrogen-bond acceptors (Lipinski definition) is 5. The molecule has 0 radical (unpaired) electrons. The number of hydrogen-bond donors (Lipinski definition) is 2. The number of nitrogens with zero attached hydrogens (tertiary/aromatic N) is 2. The maximum Gasteiger partial charge on any atom is 0.274 e. The molecule has 1 fully saturated rings. The third kappa shape index (κ3) is 4.52. The third-order valence-electron chi connectivity index (χ3n) is 4.60. The average molecular weight is 417 g/mol. The first-order chi connectivity index (χ1) is 13.8. The number of halogens is 1. The van der Waals surface area contributed by atoms with E-state index in [9.17, 15) is 24.5 Å². The number of rotatable bonds is 4. The number of aryl methyl sites for hydroxylation is 1. The molecule has 0 bridgehead atoms. The molecule has 3 amide bonds. The molecule has 0 unspecified atom stereocenters. The molecule has 1 saturated heterocycles. The number of amides is 3. The highest BCUT2D eigenvalue weighted by molar-refractivity contribution is 6.30. The minimum absolute atomic E-state index is 0.0572. The molecule has 0 aromatic heterocycles. The Labute approximate surface area is 170 Å². The van der Waals surface area contributed by atoms with Crippen molar-refractivity contribution in [3.05, 3.63) is 68.7 Å². The van der Waals surface area contributed by atoms with Crippen LogP contribution in [-0.4, -0.2) is 29.2 Å². The van der Waals surface area contributed by atoms with Crippen molar-refractivity contribution in [1.29, 1.82) is 0 Å². The van der Waals surface area contributed by atoms with Crippen molar-refractivity contribution in [2.45, 2.75) is 13.3 Å². The lowest BCUT2D eigenvalue weighted by molar-refractivity contribution is -0.385. The summed E-state index contributed by atoms with van der Waals surface area (Å²) in [6.07, 6.45) is -0.0652. The van der Waals surface area contributed by atoms with Crippen LogP contribution in [0.1, 0.15) is 22.3 Å². The maximum absolute atomic E-state index is 12.4. The summed E-state index contributed by atoms with van der Waals surface area (Å²) in [5, 5.41) is 11.6. The Hall–Kier alpha value is -3.46. The van der Waals surface area contributed by atoms with Gasteiger partial charge in [0, 0.05) is 35.2 Å². The molecule has 0 saturated carbocycles. The molecule has 2 N–H and O–H groups in total. The SMILES string of the molecule is Cc1ccc(N2C[C@H](C(=O)NNC(=O)c3ccc(Cl)cc3)CC2=O)cc1[N+](=O)[O-]. The van der Waals surface area contributed by atoms with Crippen LogP contribution in [0.4, 0.5) is 11.4 Å². The molecule has 1 aliphatic rings. The molecule has 150 valence electrons. The number of anilines is 1. The van der Waals surface area contributed by atoms with E-state index in [-0.39, 0.29) is 24.6 Å². The van der Waals surface area contributed by atoms with Crippen molar-refractivity contribution in [2.75, 3.05) is 11.4 Å². The van der Waals surface area contributed by atoms with Crippen LogP contribution in [0.25, 0.3) is 0 Å². The van der Waals surface area contributed by atoms with Gasteiger partial charge in [-0.1, -0.05) is 17.7 Å². The zero-order valence-electron chi connectivity index (χ0n) is 15.3. The monoisotopic (exact) mass is 416 g/mol. The van der Waals surface area contributed by atoms with Crippen LogP contribution in [0.15, 0.2) is 42.5 Å². The summed E-state index contributed by atoms with van der Waals surface area (Å²) in [6, 6.07) is 10.6. The highest BCUT2D eigenvalue weighted by Crippen LogP contribution is 2.29. The number of carbonyl (C=O) groups excluding carboxylic acids is 3. The lowest BCUT2D eigenvalue weighted by atomic mass is 10.1. The number of benzene rings is 2. The first-order valence-corrected chi connectivity index (χ1v) is 9.05. The number of hydrazine groups is 1. The summed E-state index contributed by atoms with van der Waals surface area (Å²) in [4.78, 5) is 48.7. The van der Waals surface area contributed by atoms with Gasteiger partial charge in [-0.25, -0.2) is 0 Å². The standard InChI is InChI=1S/C19H17ClN4O5/c1-11-2-7-15(9-16(11)24(28)29)23-10-13(8-17(23)25)19(27)22-21-18(26)12-3-5-14(20)6-4-12/h2-7,9,13H,8,10H2,1H3,(H,21,26)(H,22,27)/t13-/m1/s1. The van der Waals surface area contributed by atoms with Crippen molar-refractivity contribution in [3.63, 3.8) is 0 Å². The second kappa shape index (κ2) is 8.27. The van der Waals surface area contributed by atoms with Crippen LogP contribution < -0.4 is 15.8 Å². The van der Waals surface area contributed by atoms with E-state index in [0.717, 1.165) is 0 Å². The van der Waals surface area contributed by atoms with Gasteiger partial charge in [-0.2, -0.15) is 0 Å². The smallest absolute Gasteiger partial charge is 0.274 e. The summed E-state index contributed by atoms with van der Waals surface area (Å²) < 4.78 is 0. The second-order valence-corrected chi connectivity index (χ2v) is 7.02. The summed E-state index contributed by atoms with van der Waals surface area (Å²) >= 11 is 5.77. The molecule has 1 aliphatic heterocycles. The number of nitro groups is 1. The topological polar surface area (TPSA) is 122 Å². The van der Waals surface area contributed by atoms with E-state index in [1.165, 1.54) is 23.1 Å². The summed E-state index contributed by atoms with van der Waals surface area (Å²) in [7, 11) is 0. The Kier molecular flexibility index (Phi) is 5.79. The lowest BCUT2D eigenvalue weighted by Crippen LogP contribution is -2.45. The van der Waals surface area contributed by atoms with Crippen molar-refractivity contribution in [1.82, 2.24) is 10.9 Å². The molecule has 2 aromatic carbocycles. The van der Waals surface area contributed by atoms with Gasteiger partial charge in [0.15, 0.2) is 0 Å². The summed E-state index contributed by atoms with van der Waals surface area (Å²) in [5.74, 6) is -2.07. The fraction of sp³-hybridized carbons (Fsp3) is 0.211. The molecule has 0 aliphatic carbocycles. The van der Waals surface area contributed by atoms with E-state index in [2.05, 4.69) is 10.9 Å². The van der Waals surface area contributed by atoms with E-state index in [0.29, 0.717) is 21.8 Å². The molecular weight excluding hydrogens is 400 g/mol. The molecule has 1 atom stereocenters. The van der Waals surface area contributed by atoms with Crippen molar-refractivity contribution < 1.29 is 19.3 Å². The van der Waals surface area contributed by atoms with Crippen LogP contribution in [0.3, 0.4) is 0 Å². The largest absolute Gasteiger partial charge is 0.311 e. The lowest BCUT2D eigenvalue weighted by Gasteiger charge is -2.17. The van der Waals surface area contributed by atoms with Crippen LogP contribution >= 0.6 is 11.6 Å². The van der Waals surface area contributed by atoms with Crippen molar-refractivity contribution in [3.8, 4) is 0 Å². The van der Waals surface area contributed by atoms with Gasteiger partial charge in [-0.3, -0.25) is 35.3 Å². The summed E-state index contributed by atoms with van der Waals surface area (Å²) in [5.41, 5.74) is 5.65. The Morgan fingerprint density at radius 1 is 1.17 bits per heavy atom. The first-order valence-electron chi connectivity index (χ1n) is 8.67. The van der Waals surface area contributed by atoms with Crippen molar-refractivity contribution in [2.24, 2.45) is 5.92 Å². The zero-order chi connectivity index (χ0) is 21.1. The average Bonchev–Trinajstić information content (AvgIpc) is 3.08. The Morgan fingerprint density at radius 2 is 1.86 bits per heavy atom. The van der Waals surface area contributed by atoms with Crippen LogP contribution in [0.5, 0.6) is 0 Å². The van der Waals surface area contributed by atoms with E-state index in [1.807, 2.05) is 0 Å². The predicted molar refractivity (Wildman–Crippen MR) is 105 cm³/mol. The Morgan fingerprint density at radius 3 is 2.52 bits per heavy atom. The number of nitro benzene ring substituents is 1. The Bertz CT molecular complexity index is 993. The van der Waals surface area contributed by atoms with Gasteiger partial charge in [-0.15, -0.1) is 0 Å². The van der Waals surface area contributed by atoms with Crippen molar-refractivity contribution >= 4 is 40.7 Å². The van der Waals surface area contributed by atoms with Gasteiger partial charge in [0.05, 0.1) is 16.5 Å². The van der Waals surface area contributed by atoms with E-state index in [1.54, 1.807) is 31.2 Å². The van der Waals surface area contributed by atoms with E-state index >= 15 is 0 Å². The van der Waals surface area contributed by atoms with E-state index < -0.39 is 22.7 Å². The predicted octanol–water partition coefficient (Wildman–Crippen LogP) is 2.37. The number of carbonyl (C=O) groups is 3. The second-order valence-electron chi connectivity index (χ2n) is 6.58. The maximum atomic E-state index is 12.4. The van der Waals surface area contributed by atoms with Crippen LogP contribution in [0, 0.1) is 23.0 Å². The minimum Gasteiger partial charge on any atom is -0.311 e. The molecule has 9 nitrogen and oxygen atoms in total. The summed E-state index contributed by atoms with van der Waals surface area (Å²) in [6.45, 7) is 1.66. The molecule has 29 heavy (non-hydrogen) atoms. The van der Waals surface area contributed by atoms with Gasteiger partial charge in [0.25, 0.3) is 11.6 Å². The zero-order valence-corrected chi connectivity index (χ0v) is 16.1. The van der Waals surface area contributed by atoms with Gasteiger partial charge in [0.2, 0.25) is 11.8 Å². The molecule has 1 heterocycles. The Balaban J connectivity index is 1.63. The highest BCUT2D eigenvalue weighted by Gasteiger charge is 2.36. The molecule has 0 spiro atoms. The molecule has 2 aromatic rings. The normalized spacial score (nSPS) is 15.9. The third-order valence-corrected chi connectivity index (χ3v) is 4.85. The molecule has 10 heteroatoms. The first kappa shape index (κ1) is 20.3. The van der Waals surface area contributed by atoms with Gasteiger partial charge < -0.3 is 4.90 Å². The fourth-order valence-corrected chi connectivity index (χ4v) is 3.11. The van der Waals surface area contributed by atoms with Crippen LogP contribution in [0.2, 0.25) is 5.02 Å². The highest BCUT2D eigenvalue weighted by atomic mass is 35.5. The van der Waals surface area contributed by atoms with Gasteiger partial charge in [0.1, 0.15) is 0 Å². The number of nitrogens with one attached hydrogen (secondary N) is 2. The van der Waals surface area contributed by atoms with Gasteiger partial charge >= 0.3 is 0 Å². The van der Waals surface area contributed by atoms with Gasteiger partial charge in [-0.05, 0) is 37.3 Å². The molecule has 3 rings (SSSR count). The quantitative estimate of drug-likeness (QED) is 0.585. The fourth-order valence-electron chi connectivity index (χ4n) is 2.99. The van der Waals surface area contributed by atoms with Crippen LogP contribution in [-0.2, 0) is 9.59 Å². The minimum atomic E-state index is -0.701. The van der Waals surface area contributed by atoms with E-state index in [4.69, 9.17) is 11.6 Å².